The van der Waals surface area contributed by atoms with Gasteiger partial charge in [-0.1, -0.05) is 6.07 Å². The smallest absolute Gasteiger partial charge is 0.406 e. The molecule has 0 aliphatic heterocycles. The summed E-state index contributed by atoms with van der Waals surface area (Å²) < 4.78 is 61.0. The molecule has 0 amide bonds. The van der Waals surface area contributed by atoms with Crippen molar-refractivity contribution in [1.29, 1.82) is 0 Å². The number of benzene rings is 1. The molecule has 0 bridgehead atoms. The monoisotopic (exact) mass is 240 g/mol. The Labute approximate surface area is 84.4 Å². The number of alkyl halides is 3. The van der Waals surface area contributed by atoms with E-state index in [0.717, 1.165) is 18.4 Å². The van der Waals surface area contributed by atoms with Crippen LogP contribution in [0.25, 0.3) is 0 Å². The second-order valence-electron chi connectivity index (χ2n) is 2.79. The van der Waals surface area contributed by atoms with E-state index in [2.05, 4.69) is 4.74 Å². The third-order valence-corrected chi connectivity index (χ3v) is 2.58. The summed E-state index contributed by atoms with van der Waals surface area (Å²) in [6.45, 7) is 0. The molecule has 15 heavy (non-hydrogen) atoms. The molecule has 7 heteroatoms. The van der Waals surface area contributed by atoms with Crippen molar-refractivity contribution in [2.75, 3.05) is 6.26 Å². The SMILES string of the molecule is CS(=O)(=O)c1cccc(OC(F)(F)F)c1. The van der Waals surface area contributed by atoms with Gasteiger partial charge in [0.25, 0.3) is 0 Å². The third-order valence-electron chi connectivity index (χ3n) is 1.47. The minimum Gasteiger partial charge on any atom is -0.406 e. The fourth-order valence-electron chi connectivity index (χ4n) is 0.902. The quantitative estimate of drug-likeness (QED) is 0.794. The standard InChI is InChI=1S/C8H7F3O3S/c1-15(12,13)7-4-2-3-6(5-7)14-8(9,10)11/h2-5H,1H3. The highest BCUT2D eigenvalue weighted by Gasteiger charge is 2.31. The van der Waals surface area contributed by atoms with E-state index in [4.69, 9.17) is 0 Å². The molecule has 0 fully saturated rings. The first kappa shape index (κ1) is 11.8. The van der Waals surface area contributed by atoms with Gasteiger partial charge in [-0.3, -0.25) is 0 Å². The number of ether oxygens (including phenoxy) is 1. The van der Waals surface area contributed by atoms with Crippen molar-refractivity contribution < 1.29 is 26.3 Å². The van der Waals surface area contributed by atoms with Crippen molar-refractivity contribution in [3.05, 3.63) is 24.3 Å². The van der Waals surface area contributed by atoms with Crippen molar-refractivity contribution in [2.45, 2.75) is 11.3 Å². The van der Waals surface area contributed by atoms with Crippen molar-refractivity contribution in [3.63, 3.8) is 0 Å². The summed E-state index contributed by atoms with van der Waals surface area (Å²) in [5.74, 6) is -0.551. The number of hydrogen-bond donors (Lipinski definition) is 0. The highest BCUT2D eigenvalue weighted by molar-refractivity contribution is 7.90. The van der Waals surface area contributed by atoms with Crippen LogP contribution in [0.1, 0.15) is 0 Å². The van der Waals surface area contributed by atoms with E-state index < -0.39 is 21.9 Å². The molecule has 3 nitrogen and oxygen atoms in total. The van der Waals surface area contributed by atoms with Crippen LogP contribution in [0.3, 0.4) is 0 Å². The van der Waals surface area contributed by atoms with E-state index in [9.17, 15) is 21.6 Å². The van der Waals surface area contributed by atoms with Crippen LogP contribution >= 0.6 is 0 Å². The van der Waals surface area contributed by atoms with Crippen LogP contribution in [-0.4, -0.2) is 21.0 Å². The Morgan fingerprint density at radius 1 is 1.27 bits per heavy atom. The summed E-state index contributed by atoms with van der Waals surface area (Å²) in [6, 6.07) is 4.22. The minimum atomic E-state index is -4.82. The Kier molecular flexibility index (Phi) is 2.94. The van der Waals surface area contributed by atoms with Gasteiger partial charge in [0.2, 0.25) is 0 Å². The molecule has 0 spiro atoms. The lowest BCUT2D eigenvalue weighted by Crippen LogP contribution is -2.17. The van der Waals surface area contributed by atoms with Crippen LogP contribution in [0.15, 0.2) is 29.2 Å². The van der Waals surface area contributed by atoms with Gasteiger partial charge in [0.1, 0.15) is 5.75 Å². The van der Waals surface area contributed by atoms with Gasteiger partial charge in [-0.05, 0) is 18.2 Å². The molecule has 0 aliphatic rings. The summed E-state index contributed by atoms with van der Waals surface area (Å²) in [5.41, 5.74) is 0. The van der Waals surface area contributed by atoms with E-state index in [1.165, 1.54) is 12.1 Å². The molecule has 1 aromatic carbocycles. The van der Waals surface area contributed by atoms with Crippen LogP contribution in [0.4, 0.5) is 13.2 Å². The van der Waals surface area contributed by atoms with E-state index in [-0.39, 0.29) is 4.90 Å². The second kappa shape index (κ2) is 3.73. The Hall–Kier alpha value is -1.24. The fraction of sp³-hybridized carbons (Fsp3) is 0.250. The maximum atomic E-state index is 11.8. The summed E-state index contributed by atoms with van der Waals surface area (Å²) in [5, 5.41) is 0. The molecule has 0 heterocycles. The fourth-order valence-corrected chi connectivity index (χ4v) is 1.56. The Balaban J connectivity index is 3.04. The molecule has 0 aliphatic carbocycles. The molecule has 0 unspecified atom stereocenters. The number of halogens is 3. The third kappa shape index (κ3) is 3.78. The normalized spacial score (nSPS) is 12.5. The van der Waals surface area contributed by atoms with Crippen LogP contribution in [0.5, 0.6) is 5.75 Å². The van der Waals surface area contributed by atoms with Gasteiger partial charge in [-0.25, -0.2) is 8.42 Å². The zero-order valence-corrected chi connectivity index (χ0v) is 8.39. The number of rotatable bonds is 2. The topological polar surface area (TPSA) is 43.4 Å². The Morgan fingerprint density at radius 2 is 1.87 bits per heavy atom. The molecule has 0 N–H and O–H groups in total. The van der Waals surface area contributed by atoms with Crippen LogP contribution in [-0.2, 0) is 9.84 Å². The molecule has 1 aromatic rings. The predicted molar refractivity (Wildman–Crippen MR) is 46.2 cm³/mol. The average Bonchev–Trinajstić information content (AvgIpc) is 1.99. The van der Waals surface area contributed by atoms with Gasteiger partial charge < -0.3 is 4.74 Å². The van der Waals surface area contributed by atoms with Gasteiger partial charge in [0, 0.05) is 6.26 Å². The van der Waals surface area contributed by atoms with E-state index in [0.29, 0.717) is 0 Å². The molecule has 84 valence electrons. The van der Waals surface area contributed by atoms with Crippen molar-refractivity contribution in [2.24, 2.45) is 0 Å². The van der Waals surface area contributed by atoms with E-state index in [1.54, 1.807) is 0 Å². The lowest BCUT2D eigenvalue weighted by atomic mass is 10.3. The highest BCUT2D eigenvalue weighted by Crippen LogP contribution is 2.24. The summed E-state index contributed by atoms with van der Waals surface area (Å²) >= 11 is 0. The molecular formula is C8H7F3O3S. The first-order valence-electron chi connectivity index (χ1n) is 3.74. The predicted octanol–water partition coefficient (Wildman–Crippen LogP) is 1.99. The van der Waals surface area contributed by atoms with Gasteiger partial charge in [0.15, 0.2) is 9.84 Å². The molecule has 1 rings (SSSR count). The molecule has 0 radical (unpaired) electrons. The molecule has 0 saturated heterocycles. The molecule has 0 aromatic heterocycles. The zero-order valence-electron chi connectivity index (χ0n) is 7.58. The number of sulfone groups is 1. The Bertz CT molecular complexity index is 450. The summed E-state index contributed by atoms with van der Waals surface area (Å²) in [4.78, 5) is -0.218. The molecular weight excluding hydrogens is 233 g/mol. The lowest BCUT2D eigenvalue weighted by molar-refractivity contribution is -0.274. The van der Waals surface area contributed by atoms with E-state index >= 15 is 0 Å². The van der Waals surface area contributed by atoms with Crippen molar-refractivity contribution in [3.8, 4) is 5.75 Å². The average molecular weight is 240 g/mol. The highest BCUT2D eigenvalue weighted by atomic mass is 32.2. The van der Waals surface area contributed by atoms with Gasteiger partial charge in [-0.15, -0.1) is 13.2 Å². The van der Waals surface area contributed by atoms with Crippen molar-refractivity contribution in [1.82, 2.24) is 0 Å². The number of hydrogen-bond acceptors (Lipinski definition) is 3. The maximum absolute atomic E-state index is 11.8. The van der Waals surface area contributed by atoms with Crippen molar-refractivity contribution >= 4 is 9.84 Å². The zero-order chi connectivity index (χ0) is 11.7. The van der Waals surface area contributed by atoms with Crippen LogP contribution < -0.4 is 4.74 Å². The minimum absolute atomic E-state index is 0.218. The van der Waals surface area contributed by atoms with Gasteiger partial charge >= 0.3 is 6.36 Å². The lowest BCUT2D eigenvalue weighted by Gasteiger charge is -2.09. The molecule has 0 atom stereocenters. The first-order chi connectivity index (χ1) is 6.68. The second-order valence-corrected chi connectivity index (χ2v) is 4.81. The van der Waals surface area contributed by atoms with Crippen LogP contribution in [0, 0.1) is 0 Å². The van der Waals surface area contributed by atoms with Crippen LogP contribution in [0.2, 0.25) is 0 Å². The summed E-state index contributed by atoms with van der Waals surface area (Å²) in [6.07, 6.45) is -3.92. The van der Waals surface area contributed by atoms with Gasteiger partial charge in [-0.2, -0.15) is 0 Å². The van der Waals surface area contributed by atoms with E-state index in [1.807, 2.05) is 0 Å². The van der Waals surface area contributed by atoms with Gasteiger partial charge in [0.05, 0.1) is 4.90 Å². The first-order valence-corrected chi connectivity index (χ1v) is 5.63. The maximum Gasteiger partial charge on any atom is 0.573 e. The largest absolute Gasteiger partial charge is 0.573 e. The summed E-state index contributed by atoms with van der Waals surface area (Å²) in [7, 11) is -3.53. The molecule has 0 saturated carbocycles. The Morgan fingerprint density at radius 3 is 2.33 bits per heavy atom.